The summed E-state index contributed by atoms with van der Waals surface area (Å²) in [6.45, 7) is 3.24. The van der Waals surface area contributed by atoms with Gasteiger partial charge in [0.25, 0.3) is 0 Å². The van der Waals surface area contributed by atoms with E-state index in [0.717, 1.165) is 17.3 Å². The number of nitriles is 1. The number of thioether (sulfide) groups is 1. The van der Waals surface area contributed by atoms with Crippen LogP contribution in [0, 0.1) is 18.3 Å². The van der Waals surface area contributed by atoms with Crippen LogP contribution in [0.1, 0.15) is 29.7 Å². The number of hydrogen-bond donors (Lipinski definition) is 2. The third-order valence-corrected chi connectivity index (χ3v) is 3.38. The monoisotopic (exact) mass is 265 g/mol. The molecule has 0 fully saturated rings. The van der Waals surface area contributed by atoms with Crippen molar-refractivity contribution in [2.24, 2.45) is 0 Å². The standard InChI is InChI=1S/C13H15NO3S/c1-8-3-4-10(6-14)11(5-8)13(17)12(16)7-18-9(2)15/h3-5,12-13,16-17H,7H2,1-2H3. The van der Waals surface area contributed by atoms with Gasteiger partial charge in [0.05, 0.1) is 17.7 Å². The molecule has 0 radical (unpaired) electrons. The summed E-state index contributed by atoms with van der Waals surface area (Å²) in [5.41, 5.74) is 1.63. The molecule has 0 amide bonds. The van der Waals surface area contributed by atoms with Crippen molar-refractivity contribution in [3.8, 4) is 6.07 Å². The third-order valence-electron chi connectivity index (χ3n) is 2.47. The molecule has 0 aromatic heterocycles. The maximum atomic E-state index is 10.8. The van der Waals surface area contributed by atoms with E-state index in [4.69, 9.17) is 5.26 Å². The molecule has 2 unspecified atom stereocenters. The Bertz CT molecular complexity index is 482. The highest BCUT2D eigenvalue weighted by atomic mass is 32.2. The molecule has 0 bridgehead atoms. The number of hydrogen-bond acceptors (Lipinski definition) is 5. The Hall–Kier alpha value is -1.35. The Morgan fingerprint density at radius 3 is 2.72 bits per heavy atom. The Morgan fingerprint density at radius 1 is 1.50 bits per heavy atom. The Kier molecular flexibility index (Phi) is 5.35. The summed E-state index contributed by atoms with van der Waals surface area (Å²) in [6.07, 6.45) is -2.24. The highest BCUT2D eigenvalue weighted by Crippen LogP contribution is 2.24. The van der Waals surface area contributed by atoms with E-state index >= 15 is 0 Å². The van der Waals surface area contributed by atoms with Gasteiger partial charge < -0.3 is 10.2 Å². The van der Waals surface area contributed by atoms with Crippen molar-refractivity contribution < 1.29 is 15.0 Å². The average Bonchev–Trinajstić information content (AvgIpc) is 2.34. The SMILES string of the molecule is CC(=O)SCC(O)C(O)c1cc(C)ccc1C#N. The van der Waals surface area contributed by atoms with Gasteiger partial charge in [0.2, 0.25) is 0 Å². The van der Waals surface area contributed by atoms with Gasteiger partial charge in [-0.2, -0.15) is 5.26 Å². The second-order valence-electron chi connectivity index (χ2n) is 4.02. The zero-order chi connectivity index (χ0) is 13.7. The second kappa shape index (κ2) is 6.55. The van der Waals surface area contributed by atoms with Gasteiger partial charge in [-0.1, -0.05) is 29.5 Å². The Labute approximate surface area is 110 Å². The van der Waals surface area contributed by atoms with Crippen molar-refractivity contribution in [3.63, 3.8) is 0 Å². The number of aryl methyl sites for hydroxylation is 1. The van der Waals surface area contributed by atoms with E-state index < -0.39 is 12.2 Å². The molecule has 96 valence electrons. The molecule has 0 heterocycles. The number of rotatable bonds is 4. The molecule has 0 aliphatic carbocycles. The quantitative estimate of drug-likeness (QED) is 0.863. The lowest BCUT2D eigenvalue weighted by Gasteiger charge is -2.18. The normalized spacial score (nSPS) is 13.7. The summed E-state index contributed by atoms with van der Waals surface area (Å²) in [4.78, 5) is 10.8. The fourth-order valence-corrected chi connectivity index (χ4v) is 2.12. The smallest absolute Gasteiger partial charge is 0.185 e. The number of benzene rings is 1. The van der Waals surface area contributed by atoms with E-state index in [9.17, 15) is 15.0 Å². The summed E-state index contributed by atoms with van der Waals surface area (Å²) >= 11 is 0.948. The molecular weight excluding hydrogens is 250 g/mol. The fourth-order valence-electron chi connectivity index (χ4n) is 1.53. The molecular formula is C13H15NO3S. The van der Waals surface area contributed by atoms with E-state index in [1.54, 1.807) is 18.2 Å². The van der Waals surface area contributed by atoms with Gasteiger partial charge in [0, 0.05) is 18.2 Å². The lowest BCUT2D eigenvalue weighted by molar-refractivity contribution is -0.109. The lowest BCUT2D eigenvalue weighted by Crippen LogP contribution is -2.22. The van der Waals surface area contributed by atoms with Gasteiger partial charge in [-0.05, 0) is 13.0 Å². The average molecular weight is 265 g/mol. The van der Waals surface area contributed by atoms with Crippen LogP contribution in [0.15, 0.2) is 18.2 Å². The molecule has 0 saturated heterocycles. The number of carbonyl (C=O) groups is 1. The first-order valence-corrected chi connectivity index (χ1v) is 6.44. The van der Waals surface area contributed by atoms with Crippen LogP contribution < -0.4 is 0 Å². The summed E-state index contributed by atoms with van der Waals surface area (Å²) in [7, 11) is 0. The van der Waals surface area contributed by atoms with Gasteiger partial charge >= 0.3 is 0 Å². The van der Waals surface area contributed by atoms with E-state index in [2.05, 4.69) is 0 Å². The maximum absolute atomic E-state index is 10.8. The number of aliphatic hydroxyl groups is 2. The van der Waals surface area contributed by atoms with Gasteiger partial charge in [-0.25, -0.2) is 0 Å². The first kappa shape index (κ1) is 14.7. The molecule has 0 spiro atoms. The fraction of sp³-hybridized carbons (Fsp3) is 0.385. The summed E-state index contributed by atoms with van der Waals surface area (Å²) in [5.74, 6) is 0.106. The number of nitrogens with zero attached hydrogens (tertiary/aromatic N) is 1. The topological polar surface area (TPSA) is 81.3 Å². The Morgan fingerprint density at radius 2 is 2.17 bits per heavy atom. The van der Waals surface area contributed by atoms with Crippen LogP contribution in [-0.4, -0.2) is 27.2 Å². The predicted octanol–water partition coefficient (Wildman–Crippen LogP) is 1.54. The zero-order valence-electron chi connectivity index (χ0n) is 10.3. The second-order valence-corrected chi connectivity index (χ2v) is 5.21. The molecule has 0 aliphatic heterocycles. The van der Waals surface area contributed by atoms with Crippen LogP contribution in [0.2, 0.25) is 0 Å². The van der Waals surface area contributed by atoms with Gasteiger partial charge in [0.15, 0.2) is 5.12 Å². The van der Waals surface area contributed by atoms with Gasteiger partial charge in [0.1, 0.15) is 6.10 Å². The highest BCUT2D eigenvalue weighted by molar-refractivity contribution is 8.13. The molecule has 0 aliphatic rings. The van der Waals surface area contributed by atoms with E-state index in [0.29, 0.717) is 11.1 Å². The molecule has 1 aromatic carbocycles. The van der Waals surface area contributed by atoms with Crippen LogP contribution in [0.5, 0.6) is 0 Å². The van der Waals surface area contributed by atoms with Crippen molar-refractivity contribution in [2.45, 2.75) is 26.1 Å². The lowest BCUT2D eigenvalue weighted by atomic mass is 9.98. The first-order chi connectivity index (χ1) is 8.45. The predicted molar refractivity (Wildman–Crippen MR) is 70.0 cm³/mol. The molecule has 5 heteroatoms. The number of aliphatic hydroxyl groups excluding tert-OH is 2. The number of carbonyl (C=O) groups excluding carboxylic acids is 1. The van der Waals surface area contributed by atoms with Crippen LogP contribution in [0.3, 0.4) is 0 Å². The highest BCUT2D eigenvalue weighted by Gasteiger charge is 2.21. The van der Waals surface area contributed by atoms with E-state index in [1.165, 1.54) is 6.92 Å². The summed E-state index contributed by atoms with van der Waals surface area (Å²) in [5, 5.41) is 28.6. The van der Waals surface area contributed by atoms with Crippen molar-refractivity contribution in [1.82, 2.24) is 0 Å². The molecule has 1 aromatic rings. The van der Waals surface area contributed by atoms with E-state index in [-0.39, 0.29) is 10.9 Å². The minimum Gasteiger partial charge on any atom is -0.389 e. The zero-order valence-corrected chi connectivity index (χ0v) is 11.1. The molecule has 2 N–H and O–H groups in total. The van der Waals surface area contributed by atoms with Crippen molar-refractivity contribution in [2.75, 3.05) is 5.75 Å². The van der Waals surface area contributed by atoms with Crippen molar-refractivity contribution in [1.29, 1.82) is 5.26 Å². The summed E-state index contributed by atoms with van der Waals surface area (Å²) < 4.78 is 0. The van der Waals surface area contributed by atoms with E-state index in [1.807, 2.05) is 13.0 Å². The molecule has 0 saturated carbocycles. The first-order valence-electron chi connectivity index (χ1n) is 5.46. The van der Waals surface area contributed by atoms with Crippen molar-refractivity contribution in [3.05, 3.63) is 34.9 Å². The van der Waals surface area contributed by atoms with Crippen LogP contribution in [-0.2, 0) is 4.79 Å². The van der Waals surface area contributed by atoms with Gasteiger partial charge in [-0.3, -0.25) is 4.79 Å². The maximum Gasteiger partial charge on any atom is 0.185 e. The molecule has 4 nitrogen and oxygen atoms in total. The summed E-state index contributed by atoms with van der Waals surface area (Å²) in [6, 6.07) is 7.03. The van der Waals surface area contributed by atoms with Gasteiger partial charge in [-0.15, -0.1) is 0 Å². The molecule has 18 heavy (non-hydrogen) atoms. The Balaban J connectivity index is 2.89. The van der Waals surface area contributed by atoms with Crippen LogP contribution in [0.25, 0.3) is 0 Å². The molecule has 2 atom stereocenters. The van der Waals surface area contributed by atoms with Crippen LogP contribution >= 0.6 is 11.8 Å². The third kappa shape index (κ3) is 3.84. The van der Waals surface area contributed by atoms with Crippen LogP contribution in [0.4, 0.5) is 0 Å². The molecule has 1 rings (SSSR count). The minimum atomic E-state index is -1.16. The van der Waals surface area contributed by atoms with Crippen molar-refractivity contribution >= 4 is 16.9 Å². The largest absolute Gasteiger partial charge is 0.389 e. The minimum absolute atomic E-state index is 0.106.